The average molecular weight is 335 g/mol. The molecule has 0 unspecified atom stereocenters. The Hall–Kier alpha value is -2.19. The Morgan fingerprint density at radius 2 is 2.00 bits per heavy atom. The van der Waals surface area contributed by atoms with E-state index >= 15 is 0 Å². The maximum absolute atomic E-state index is 12.6. The molecule has 0 atom stereocenters. The summed E-state index contributed by atoms with van der Waals surface area (Å²) in [6, 6.07) is 6.39. The summed E-state index contributed by atoms with van der Waals surface area (Å²) in [6.45, 7) is 1.46. The molecule has 0 bridgehead atoms. The summed E-state index contributed by atoms with van der Waals surface area (Å²) in [5.74, 6) is 0.0594. The van der Waals surface area contributed by atoms with Crippen molar-refractivity contribution in [3.8, 4) is 0 Å². The number of furan rings is 1. The number of hydrogen-bond donors (Lipinski definition) is 0. The van der Waals surface area contributed by atoms with Gasteiger partial charge in [-0.15, -0.1) is 0 Å². The van der Waals surface area contributed by atoms with Crippen LogP contribution in [0.1, 0.15) is 17.0 Å². The van der Waals surface area contributed by atoms with Crippen LogP contribution < -0.4 is 0 Å². The molecular weight excluding hydrogens is 318 g/mol. The Morgan fingerprint density at radius 3 is 2.70 bits per heavy atom. The molecule has 1 saturated heterocycles. The molecule has 1 aliphatic heterocycles. The van der Waals surface area contributed by atoms with Crippen molar-refractivity contribution in [1.29, 1.82) is 0 Å². The summed E-state index contributed by atoms with van der Waals surface area (Å²) in [6.07, 6.45) is 4.90. The summed E-state index contributed by atoms with van der Waals surface area (Å²) in [7, 11) is -3.58. The van der Waals surface area contributed by atoms with Gasteiger partial charge in [0.25, 0.3) is 5.91 Å². The first-order valence-electron chi connectivity index (χ1n) is 7.32. The summed E-state index contributed by atoms with van der Waals surface area (Å²) in [5.41, 5.74) is 0. The van der Waals surface area contributed by atoms with Gasteiger partial charge >= 0.3 is 0 Å². The Bertz CT molecular complexity index is 759. The largest absolute Gasteiger partial charge is 0.459 e. The van der Waals surface area contributed by atoms with Crippen LogP contribution in [0.3, 0.4) is 0 Å². The van der Waals surface area contributed by atoms with Gasteiger partial charge in [-0.3, -0.25) is 9.78 Å². The van der Waals surface area contributed by atoms with Crippen LogP contribution in [0.5, 0.6) is 0 Å². The zero-order chi connectivity index (χ0) is 16.3. The topological polar surface area (TPSA) is 83.7 Å². The lowest BCUT2D eigenvalue weighted by Gasteiger charge is -2.21. The van der Waals surface area contributed by atoms with E-state index in [4.69, 9.17) is 4.42 Å². The highest BCUT2D eigenvalue weighted by Crippen LogP contribution is 2.17. The van der Waals surface area contributed by atoms with Crippen molar-refractivity contribution in [3.63, 3.8) is 0 Å². The molecule has 7 nitrogen and oxygen atoms in total. The number of carbonyl (C=O) groups excluding carboxylic acids is 1. The molecule has 122 valence electrons. The van der Waals surface area contributed by atoms with Crippen molar-refractivity contribution < 1.29 is 17.6 Å². The van der Waals surface area contributed by atoms with E-state index < -0.39 is 10.0 Å². The monoisotopic (exact) mass is 335 g/mol. The molecule has 0 spiro atoms. The van der Waals surface area contributed by atoms with Crippen molar-refractivity contribution in [2.75, 3.05) is 26.2 Å². The number of sulfonamides is 1. The van der Waals surface area contributed by atoms with Crippen molar-refractivity contribution in [1.82, 2.24) is 14.2 Å². The van der Waals surface area contributed by atoms with Gasteiger partial charge in [0.05, 0.1) is 6.26 Å². The third-order valence-electron chi connectivity index (χ3n) is 3.75. The molecule has 0 radical (unpaired) electrons. The number of carbonyl (C=O) groups is 1. The summed E-state index contributed by atoms with van der Waals surface area (Å²) in [4.78, 5) is 18.0. The predicted octanol–water partition coefficient (Wildman–Crippen LogP) is 1.21. The van der Waals surface area contributed by atoms with Crippen LogP contribution >= 0.6 is 0 Å². The first-order chi connectivity index (χ1) is 11.1. The van der Waals surface area contributed by atoms with Gasteiger partial charge in [-0.25, -0.2) is 8.42 Å². The van der Waals surface area contributed by atoms with E-state index in [1.807, 2.05) is 0 Å². The molecule has 0 saturated carbocycles. The predicted molar refractivity (Wildman–Crippen MR) is 82.2 cm³/mol. The van der Waals surface area contributed by atoms with Gasteiger partial charge in [0.15, 0.2) is 5.76 Å². The second-order valence-corrected chi connectivity index (χ2v) is 7.15. The van der Waals surface area contributed by atoms with Crippen molar-refractivity contribution in [2.24, 2.45) is 0 Å². The number of amides is 1. The Morgan fingerprint density at radius 1 is 1.13 bits per heavy atom. The minimum Gasteiger partial charge on any atom is -0.459 e. The maximum atomic E-state index is 12.6. The second-order valence-electron chi connectivity index (χ2n) is 5.22. The zero-order valence-corrected chi connectivity index (χ0v) is 13.3. The summed E-state index contributed by atoms with van der Waals surface area (Å²) < 4.78 is 31.7. The van der Waals surface area contributed by atoms with Gasteiger partial charge < -0.3 is 9.32 Å². The number of pyridine rings is 1. The lowest BCUT2D eigenvalue weighted by molar-refractivity contribution is 0.0732. The molecule has 23 heavy (non-hydrogen) atoms. The lowest BCUT2D eigenvalue weighted by atomic mass is 10.3. The average Bonchev–Trinajstić information content (AvgIpc) is 2.99. The first-order valence-corrected chi connectivity index (χ1v) is 8.76. The molecule has 0 aromatic carbocycles. The second kappa shape index (κ2) is 6.51. The number of aromatic nitrogens is 1. The van der Waals surface area contributed by atoms with E-state index in [0.29, 0.717) is 26.1 Å². The molecule has 8 heteroatoms. The fourth-order valence-corrected chi connectivity index (χ4v) is 3.98. The molecule has 1 amide bonds. The quantitative estimate of drug-likeness (QED) is 0.842. The van der Waals surface area contributed by atoms with Gasteiger partial charge in [0.1, 0.15) is 4.90 Å². The normalized spacial score (nSPS) is 17.0. The van der Waals surface area contributed by atoms with Crippen LogP contribution in [-0.4, -0.2) is 54.7 Å². The zero-order valence-electron chi connectivity index (χ0n) is 12.5. The fourth-order valence-electron chi connectivity index (χ4n) is 2.54. The van der Waals surface area contributed by atoms with Crippen LogP contribution in [0.15, 0.2) is 52.2 Å². The minimum atomic E-state index is -3.58. The maximum Gasteiger partial charge on any atom is 0.289 e. The molecule has 3 rings (SSSR count). The molecule has 1 aliphatic rings. The van der Waals surface area contributed by atoms with Gasteiger partial charge in [-0.2, -0.15) is 4.31 Å². The number of nitrogens with zero attached hydrogens (tertiary/aromatic N) is 3. The first kappa shape index (κ1) is 15.7. The van der Waals surface area contributed by atoms with Crippen LogP contribution in [0.2, 0.25) is 0 Å². The highest BCUT2D eigenvalue weighted by atomic mass is 32.2. The summed E-state index contributed by atoms with van der Waals surface area (Å²) in [5, 5.41) is 0. The van der Waals surface area contributed by atoms with Gasteiger partial charge in [-0.05, 0) is 30.7 Å². The molecule has 3 heterocycles. The Kier molecular flexibility index (Phi) is 4.44. The van der Waals surface area contributed by atoms with E-state index in [-0.39, 0.29) is 23.1 Å². The SMILES string of the molecule is O=C(c1ccco1)N1CCCN(S(=O)(=O)c2cccnc2)CC1. The molecular formula is C15H17N3O4S. The Labute approximate surface area is 134 Å². The van der Waals surface area contributed by atoms with Crippen LogP contribution in [0, 0.1) is 0 Å². The van der Waals surface area contributed by atoms with Crippen LogP contribution in [0.4, 0.5) is 0 Å². The van der Waals surface area contributed by atoms with Crippen LogP contribution in [0.25, 0.3) is 0 Å². The molecule has 0 N–H and O–H groups in total. The number of rotatable bonds is 3. The molecule has 2 aromatic rings. The minimum absolute atomic E-state index is 0.172. The van der Waals surface area contributed by atoms with E-state index in [9.17, 15) is 13.2 Å². The molecule has 2 aromatic heterocycles. The highest BCUT2D eigenvalue weighted by molar-refractivity contribution is 7.89. The lowest BCUT2D eigenvalue weighted by Crippen LogP contribution is -2.37. The smallest absolute Gasteiger partial charge is 0.289 e. The van der Waals surface area contributed by atoms with E-state index in [0.717, 1.165) is 0 Å². The van der Waals surface area contributed by atoms with Crippen molar-refractivity contribution in [2.45, 2.75) is 11.3 Å². The van der Waals surface area contributed by atoms with E-state index in [1.165, 1.54) is 29.0 Å². The van der Waals surface area contributed by atoms with Gasteiger partial charge in [0.2, 0.25) is 10.0 Å². The van der Waals surface area contributed by atoms with Gasteiger partial charge in [-0.1, -0.05) is 0 Å². The van der Waals surface area contributed by atoms with Gasteiger partial charge in [0, 0.05) is 38.6 Å². The van der Waals surface area contributed by atoms with E-state index in [2.05, 4.69) is 4.98 Å². The van der Waals surface area contributed by atoms with Crippen molar-refractivity contribution in [3.05, 3.63) is 48.7 Å². The van der Waals surface area contributed by atoms with Crippen molar-refractivity contribution >= 4 is 15.9 Å². The Balaban J connectivity index is 1.73. The highest BCUT2D eigenvalue weighted by Gasteiger charge is 2.29. The standard InChI is InChI=1S/C15H17N3O4S/c19-15(14-5-2-11-22-14)17-7-3-8-18(10-9-17)23(20,21)13-4-1-6-16-12-13/h1-2,4-6,11-12H,3,7-10H2. The van der Waals surface area contributed by atoms with Crippen LogP contribution in [-0.2, 0) is 10.0 Å². The molecule has 0 aliphatic carbocycles. The third kappa shape index (κ3) is 3.27. The molecule has 1 fully saturated rings. The third-order valence-corrected chi connectivity index (χ3v) is 5.63. The fraction of sp³-hybridized carbons (Fsp3) is 0.333. The summed E-state index contributed by atoms with van der Waals surface area (Å²) >= 11 is 0. The number of hydrogen-bond acceptors (Lipinski definition) is 5. The van der Waals surface area contributed by atoms with E-state index in [1.54, 1.807) is 23.1 Å².